The number of amides is 2. The molecular formula is C14H28N2O2. The van der Waals surface area contributed by atoms with Crippen molar-refractivity contribution in [1.29, 1.82) is 0 Å². The van der Waals surface area contributed by atoms with Gasteiger partial charge in [0, 0.05) is 14.0 Å². The smallest absolute Gasteiger partial charge is 0.242 e. The maximum Gasteiger partial charge on any atom is 0.242 e. The Kier molecular flexibility index (Phi) is 9.33. The first-order valence-corrected chi connectivity index (χ1v) is 7.03. The summed E-state index contributed by atoms with van der Waals surface area (Å²) in [6, 6.07) is -0.383. The lowest BCUT2D eigenvalue weighted by Crippen LogP contribution is -2.44. The molecule has 0 aliphatic carbocycles. The average molecular weight is 256 g/mol. The molecule has 0 saturated heterocycles. The van der Waals surface area contributed by atoms with E-state index < -0.39 is 0 Å². The first kappa shape index (κ1) is 16.9. The van der Waals surface area contributed by atoms with Gasteiger partial charge in [-0.05, 0) is 12.3 Å². The highest BCUT2D eigenvalue weighted by molar-refractivity contribution is 5.86. The maximum absolute atomic E-state index is 11.6. The van der Waals surface area contributed by atoms with Crippen molar-refractivity contribution in [3.05, 3.63) is 0 Å². The average Bonchev–Trinajstić information content (AvgIpc) is 2.34. The molecule has 0 aliphatic heterocycles. The second-order valence-corrected chi connectivity index (χ2v) is 4.86. The summed E-state index contributed by atoms with van der Waals surface area (Å²) in [6.45, 7) is 5.86. The van der Waals surface area contributed by atoms with Crippen molar-refractivity contribution in [2.24, 2.45) is 5.92 Å². The van der Waals surface area contributed by atoms with Gasteiger partial charge in [-0.2, -0.15) is 0 Å². The SMILES string of the molecule is CCCC(CC)CCCC(NC(C)=O)C(=O)NC. The Morgan fingerprint density at radius 2 is 1.78 bits per heavy atom. The molecule has 4 heteroatoms. The van der Waals surface area contributed by atoms with Crippen molar-refractivity contribution < 1.29 is 9.59 Å². The van der Waals surface area contributed by atoms with E-state index in [2.05, 4.69) is 24.5 Å². The molecule has 0 fully saturated rings. The molecule has 0 radical (unpaired) electrons. The van der Waals surface area contributed by atoms with E-state index >= 15 is 0 Å². The molecule has 2 unspecified atom stereocenters. The third kappa shape index (κ3) is 7.30. The van der Waals surface area contributed by atoms with Gasteiger partial charge in [0.2, 0.25) is 11.8 Å². The van der Waals surface area contributed by atoms with Crippen molar-refractivity contribution in [2.45, 2.75) is 65.3 Å². The lowest BCUT2D eigenvalue weighted by molar-refractivity contribution is -0.127. The van der Waals surface area contributed by atoms with E-state index in [0.717, 1.165) is 25.2 Å². The number of rotatable bonds is 9. The van der Waals surface area contributed by atoms with Gasteiger partial charge in [-0.3, -0.25) is 9.59 Å². The third-order valence-electron chi connectivity index (χ3n) is 3.32. The van der Waals surface area contributed by atoms with Crippen LogP contribution in [-0.2, 0) is 9.59 Å². The second-order valence-electron chi connectivity index (χ2n) is 4.86. The molecule has 0 rings (SSSR count). The molecule has 0 aromatic rings. The van der Waals surface area contributed by atoms with Crippen LogP contribution in [0, 0.1) is 5.92 Å². The number of nitrogens with one attached hydrogen (secondary N) is 2. The number of likely N-dealkylation sites (N-methyl/N-ethyl adjacent to an activating group) is 1. The van der Waals surface area contributed by atoms with Gasteiger partial charge in [0.05, 0.1) is 0 Å². The normalized spacial score (nSPS) is 13.8. The van der Waals surface area contributed by atoms with Gasteiger partial charge in [0.1, 0.15) is 6.04 Å². The van der Waals surface area contributed by atoms with E-state index in [1.807, 2.05) is 0 Å². The minimum Gasteiger partial charge on any atom is -0.357 e. The molecule has 4 nitrogen and oxygen atoms in total. The highest BCUT2D eigenvalue weighted by atomic mass is 16.2. The van der Waals surface area contributed by atoms with Gasteiger partial charge in [-0.15, -0.1) is 0 Å². The highest BCUT2D eigenvalue weighted by Gasteiger charge is 2.18. The van der Waals surface area contributed by atoms with Crippen molar-refractivity contribution in [3.63, 3.8) is 0 Å². The summed E-state index contributed by atoms with van der Waals surface area (Å²) >= 11 is 0. The van der Waals surface area contributed by atoms with Crippen LogP contribution < -0.4 is 10.6 Å². The zero-order valence-corrected chi connectivity index (χ0v) is 12.2. The third-order valence-corrected chi connectivity index (χ3v) is 3.32. The fourth-order valence-corrected chi connectivity index (χ4v) is 2.26. The molecule has 0 bridgehead atoms. The first-order chi connectivity index (χ1) is 8.54. The molecule has 0 aromatic heterocycles. The largest absolute Gasteiger partial charge is 0.357 e. The van der Waals surface area contributed by atoms with E-state index in [0.29, 0.717) is 0 Å². The quantitative estimate of drug-likeness (QED) is 0.664. The summed E-state index contributed by atoms with van der Waals surface area (Å²) < 4.78 is 0. The summed E-state index contributed by atoms with van der Waals surface area (Å²) in [5.41, 5.74) is 0. The van der Waals surface area contributed by atoms with Crippen LogP contribution in [-0.4, -0.2) is 24.9 Å². The lowest BCUT2D eigenvalue weighted by atomic mass is 9.93. The number of carbonyl (C=O) groups is 2. The maximum atomic E-state index is 11.6. The molecule has 2 atom stereocenters. The molecule has 0 saturated carbocycles. The monoisotopic (exact) mass is 256 g/mol. The Bertz CT molecular complexity index is 254. The van der Waals surface area contributed by atoms with E-state index in [-0.39, 0.29) is 17.9 Å². The zero-order chi connectivity index (χ0) is 14.0. The fourth-order valence-electron chi connectivity index (χ4n) is 2.26. The summed E-state index contributed by atoms with van der Waals surface area (Å²) in [4.78, 5) is 22.6. The van der Waals surface area contributed by atoms with E-state index in [4.69, 9.17) is 0 Å². The topological polar surface area (TPSA) is 58.2 Å². The van der Waals surface area contributed by atoms with Gasteiger partial charge in [0.25, 0.3) is 0 Å². The van der Waals surface area contributed by atoms with Crippen molar-refractivity contribution in [2.75, 3.05) is 7.05 Å². The van der Waals surface area contributed by atoms with Crippen LogP contribution in [0.15, 0.2) is 0 Å². The zero-order valence-electron chi connectivity index (χ0n) is 12.2. The Morgan fingerprint density at radius 1 is 1.11 bits per heavy atom. The van der Waals surface area contributed by atoms with Gasteiger partial charge in [-0.25, -0.2) is 0 Å². The molecule has 0 spiro atoms. The summed E-state index contributed by atoms with van der Waals surface area (Å²) in [5, 5.41) is 5.30. The molecule has 106 valence electrons. The number of carbonyl (C=O) groups excluding carboxylic acids is 2. The molecular weight excluding hydrogens is 228 g/mol. The van der Waals surface area contributed by atoms with E-state index in [1.54, 1.807) is 7.05 Å². The van der Waals surface area contributed by atoms with Crippen LogP contribution in [0.25, 0.3) is 0 Å². The van der Waals surface area contributed by atoms with Gasteiger partial charge >= 0.3 is 0 Å². The minimum absolute atomic E-state index is 0.103. The predicted octanol–water partition coefficient (Wildman–Crippen LogP) is 2.23. The molecule has 0 aromatic carbocycles. The Hall–Kier alpha value is -1.06. The molecule has 0 heterocycles. The van der Waals surface area contributed by atoms with E-state index in [1.165, 1.54) is 26.2 Å². The Morgan fingerprint density at radius 3 is 2.22 bits per heavy atom. The summed E-state index contributed by atoms with van der Waals surface area (Å²) in [7, 11) is 1.60. The summed E-state index contributed by atoms with van der Waals surface area (Å²) in [5.74, 6) is 0.496. The van der Waals surface area contributed by atoms with E-state index in [9.17, 15) is 9.59 Å². The van der Waals surface area contributed by atoms with Gasteiger partial charge in [0.15, 0.2) is 0 Å². The van der Waals surface area contributed by atoms with Crippen molar-refractivity contribution in [1.82, 2.24) is 10.6 Å². The number of hydrogen-bond donors (Lipinski definition) is 2. The lowest BCUT2D eigenvalue weighted by Gasteiger charge is -2.18. The van der Waals surface area contributed by atoms with Crippen LogP contribution >= 0.6 is 0 Å². The van der Waals surface area contributed by atoms with Crippen LogP contribution in [0.4, 0.5) is 0 Å². The second kappa shape index (κ2) is 9.92. The molecule has 18 heavy (non-hydrogen) atoms. The highest BCUT2D eigenvalue weighted by Crippen LogP contribution is 2.18. The first-order valence-electron chi connectivity index (χ1n) is 7.03. The Labute approximate surface area is 111 Å². The predicted molar refractivity (Wildman–Crippen MR) is 74.2 cm³/mol. The molecule has 2 amide bonds. The standard InChI is InChI=1S/C14H28N2O2/c1-5-8-12(6-2)9-7-10-13(14(18)15-4)16-11(3)17/h12-13H,5-10H2,1-4H3,(H,15,18)(H,16,17). The number of hydrogen-bond acceptors (Lipinski definition) is 2. The van der Waals surface area contributed by atoms with Gasteiger partial charge in [-0.1, -0.05) is 46.0 Å². The minimum atomic E-state index is -0.383. The van der Waals surface area contributed by atoms with Gasteiger partial charge < -0.3 is 10.6 Å². The Balaban J connectivity index is 4.09. The van der Waals surface area contributed by atoms with Crippen LogP contribution in [0.2, 0.25) is 0 Å². The fraction of sp³-hybridized carbons (Fsp3) is 0.857. The van der Waals surface area contributed by atoms with Crippen LogP contribution in [0.3, 0.4) is 0 Å². The van der Waals surface area contributed by atoms with Crippen molar-refractivity contribution >= 4 is 11.8 Å². The molecule has 2 N–H and O–H groups in total. The van der Waals surface area contributed by atoms with Crippen LogP contribution in [0.1, 0.15) is 59.3 Å². The van der Waals surface area contributed by atoms with Crippen molar-refractivity contribution in [3.8, 4) is 0 Å². The molecule has 0 aliphatic rings. The summed E-state index contributed by atoms with van der Waals surface area (Å²) in [6.07, 6.45) is 6.50. The van der Waals surface area contributed by atoms with Crippen LogP contribution in [0.5, 0.6) is 0 Å².